The van der Waals surface area contributed by atoms with Crippen LogP contribution in [0.3, 0.4) is 0 Å². The number of thiophene rings is 1. The van der Waals surface area contributed by atoms with E-state index in [4.69, 9.17) is 9.72 Å². The Morgan fingerprint density at radius 3 is 2.69 bits per heavy atom. The highest BCUT2D eigenvalue weighted by Crippen LogP contribution is 2.26. The number of ether oxygens (including phenoxy) is 1. The van der Waals surface area contributed by atoms with Crippen molar-refractivity contribution in [2.45, 2.75) is 32.5 Å². The lowest BCUT2D eigenvalue weighted by Gasteiger charge is -2.18. The predicted molar refractivity (Wildman–Crippen MR) is 119 cm³/mol. The zero-order chi connectivity index (χ0) is 19.9. The lowest BCUT2D eigenvalue weighted by Crippen LogP contribution is -2.23. The van der Waals surface area contributed by atoms with Crippen LogP contribution in [0.1, 0.15) is 32.9 Å². The molecule has 0 spiro atoms. The lowest BCUT2D eigenvalue weighted by atomic mass is 10.1. The van der Waals surface area contributed by atoms with Gasteiger partial charge in [0.1, 0.15) is 17.4 Å². The summed E-state index contributed by atoms with van der Waals surface area (Å²) in [5.74, 6) is 0.885. The fourth-order valence-electron chi connectivity index (χ4n) is 3.07. The van der Waals surface area contributed by atoms with Gasteiger partial charge in [0.15, 0.2) is 0 Å². The molecule has 3 heterocycles. The molecule has 3 aromatic heterocycles. The van der Waals surface area contributed by atoms with E-state index in [-0.39, 0.29) is 6.04 Å². The Balaban J connectivity index is 1.45. The Hall–Kier alpha value is -2.54. The highest BCUT2D eigenvalue weighted by molar-refractivity contribution is 7.10. The molecule has 0 bridgehead atoms. The Labute approximate surface area is 179 Å². The van der Waals surface area contributed by atoms with Crippen molar-refractivity contribution in [1.29, 1.82) is 0 Å². The Morgan fingerprint density at radius 2 is 1.93 bits per heavy atom. The Bertz CT molecular complexity index is 1020. The number of aryl methyl sites for hydroxylation is 1. The van der Waals surface area contributed by atoms with Crippen LogP contribution in [-0.2, 0) is 19.6 Å². The van der Waals surface area contributed by atoms with Gasteiger partial charge in [0.05, 0.1) is 11.7 Å². The zero-order valence-electron chi connectivity index (χ0n) is 16.2. The van der Waals surface area contributed by atoms with Gasteiger partial charge in [-0.15, -0.1) is 22.7 Å². The fraction of sp³-hybridized carbons (Fsp3) is 0.217. The number of hydrogen-bond acceptors (Lipinski definition) is 6. The van der Waals surface area contributed by atoms with Crippen LogP contribution in [0.15, 0.2) is 71.6 Å². The van der Waals surface area contributed by atoms with Crippen LogP contribution in [0.25, 0.3) is 0 Å². The molecule has 148 valence electrons. The van der Waals surface area contributed by atoms with Crippen LogP contribution in [0, 0.1) is 6.92 Å². The molecule has 1 N–H and O–H groups in total. The van der Waals surface area contributed by atoms with Gasteiger partial charge in [0.2, 0.25) is 0 Å². The molecule has 0 aliphatic carbocycles. The summed E-state index contributed by atoms with van der Waals surface area (Å²) in [4.78, 5) is 10.4. The van der Waals surface area contributed by atoms with Crippen LogP contribution in [0.2, 0.25) is 0 Å². The van der Waals surface area contributed by atoms with Crippen molar-refractivity contribution in [3.8, 4) is 5.75 Å². The van der Waals surface area contributed by atoms with E-state index in [0.29, 0.717) is 13.2 Å². The van der Waals surface area contributed by atoms with E-state index in [1.807, 2.05) is 43.3 Å². The van der Waals surface area contributed by atoms with Crippen LogP contribution in [-0.4, -0.2) is 9.97 Å². The quantitative estimate of drug-likeness (QED) is 0.384. The van der Waals surface area contributed by atoms with Crippen LogP contribution >= 0.6 is 22.7 Å². The summed E-state index contributed by atoms with van der Waals surface area (Å²) in [6.45, 7) is 3.22. The SMILES string of the molecule is Cc1csc(C(Cc2cccs2)NCc2ccccc2OCc2ccccn2)n1. The van der Waals surface area contributed by atoms with E-state index >= 15 is 0 Å². The third-order valence-electron chi connectivity index (χ3n) is 4.53. The van der Waals surface area contributed by atoms with Gasteiger partial charge in [0, 0.05) is 40.7 Å². The molecule has 4 rings (SSSR count). The molecule has 0 saturated carbocycles. The lowest BCUT2D eigenvalue weighted by molar-refractivity contribution is 0.297. The first-order chi connectivity index (χ1) is 14.3. The summed E-state index contributed by atoms with van der Waals surface area (Å²) in [6.07, 6.45) is 2.72. The van der Waals surface area contributed by atoms with Crippen molar-refractivity contribution in [3.05, 3.63) is 98.4 Å². The van der Waals surface area contributed by atoms with Gasteiger partial charge in [0.25, 0.3) is 0 Å². The van der Waals surface area contributed by atoms with Crippen LogP contribution in [0.4, 0.5) is 0 Å². The van der Waals surface area contributed by atoms with Crippen molar-refractivity contribution in [1.82, 2.24) is 15.3 Å². The summed E-state index contributed by atoms with van der Waals surface area (Å²) < 4.78 is 6.06. The summed E-state index contributed by atoms with van der Waals surface area (Å²) in [5, 5.41) is 9.07. The molecule has 0 aliphatic heterocycles. The molecule has 1 aromatic carbocycles. The average molecular weight is 422 g/mol. The molecule has 1 unspecified atom stereocenters. The number of pyridine rings is 1. The molecule has 0 fully saturated rings. The number of nitrogens with zero attached hydrogens (tertiary/aromatic N) is 2. The van der Waals surface area contributed by atoms with E-state index in [1.165, 1.54) is 4.88 Å². The molecule has 4 aromatic rings. The topological polar surface area (TPSA) is 47.0 Å². The molecular weight excluding hydrogens is 398 g/mol. The van der Waals surface area contributed by atoms with Gasteiger partial charge in [-0.3, -0.25) is 4.98 Å². The molecule has 29 heavy (non-hydrogen) atoms. The normalized spacial score (nSPS) is 12.0. The highest BCUT2D eigenvalue weighted by Gasteiger charge is 2.17. The molecule has 0 aliphatic rings. The van der Waals surface area contributed by atoms with Gasteiger partial charge in [-0.25, -0.2) is 4.98 Å². The van der Waals surface area contributed by atoms with Gasteiger partial charge in [-0.1, -0.05) is 30.3 Å². The largest absolute Gasteiger partial charge is 0.487 e. The van der Waals surface area contributed by atoms with Crippen molar-refractivity contribution >= 4 is 22.7 Å². The Morgan fingerprint density at radius 1 is 1.03 bits per heavy atom. The third kappa shape index (κ3) is 5.50. The van der Waals surface area contributed by atoms with E-state index in [9.17, 15) is 0 Å². The smallest absolute Gasteiger partial charge is 0.130 e. The maximum atomic E-state index is 6.06. The van der Waals surface area contributed by atoms with Gasteiger partial charge in [-0.05, 0) is 36.6 Å². The van der Waals surface area contributed by atoms with Crippen LogP contribution in [0.5, 0.6) is 5.75 Å². The van der Waals surface area contributed by atoms with Crippen molar-refractivity contribution in [3.63, 3.8) is 0 Å². The Kier molecular flexibility index (Phi) is 6.67. The summed E-state index contributed by atoms with van der Waals surface area (Å²) in [5.41, 5.74) is 3.12. The molecule has 1 atom stereocenters. The average Bonchev–Trinajstić information content (AvgIpc) is 3.42. The number of aromatic nitrogens is 2. The highest BCUT2D eigenvalue weighted by atomic mass is 32.1. The second-order valence-electron chi connectivity index (χ2n) is 6.76. The number of para-hydroxylation sites is 1. The standard InChI is InChI=1S/C23H23N3OS2/c1-17-16-29-23(26-17)21(13-20-9-6-12-28-20)25-14-18-7-2-3-10-22(18)27-15-19-8-4-5-11-24-19/h2-12,16,21,25H,13-15H2,1H3. The molecule has 0 saturated heterocycles. The minimum absolute atomic E-state index is 0.177. The van der Waals surface area contributed by atoms with Gasteiger partial charge in [-0.2, -0.15) is 0 Å². The van der Waals surface area contributed by atoms with Gasteiger partial charge < -0.3 is 10.1 Å². The number of hydrogen-bond donors (Lipinski definition) is 1. The van der Waals surface area contributed by atoms with Gasteiger partial charge >= 0.3 is 0 Å². The molecule has 4 nitrogen and oxygen atoms in total. The van der Waals surface area contributed by atoms with Crippen molar-refractivity contribution in [2.75, 3.05) is 0 Å². The summed E-state index contributed by atoms with van der Waals surface area (Å²) in [6, 6.07) is 18.5. The number of rotatable bonds is 9. The summed E-state index contributed by atoms with van der Waals surface area (Å²) in [7, 11) is 0. The maximum absolute atomic E-state index is 6.06. The second-order valence-corrected chi connectivity index (χ2v) is 8.68. The monoisotopic (exact) mass is 421 g/mol. The minimum Gasteiger partial charge on any atom is -0.487 e. The predicted octanol–water partition coefficient (Wildman–Crippen LogP) is 5.56. The molecule has 0 radical (unpaired) electrons. The van der Waals surface area contributed by atoms with E-state index < -0.39 is 0 Å². The number of benzene rings is 1. The molecule has 0 amide bonds. The zero-order valence-corrected chi connectivity index (χ0v) is 17.9. The summed E-state index contributed by atoms with van der Waals surface area (Å²) >= 11 is 3.51. The van der Waals surface area contributed by atoms with Crippen molar-refractivity contribution in [2.24, 2.45) is 0 Å². The maximum Gasteiger partial charge on any atom is 0.130 e. The number of thiazole rings is 1. The van der Waals surface area contributed by atoms with Crippen LogP contribution < -0.4 is 10.1 Å². The van der Waals surface area contributed by atoms with Crippen molar-refractivity contribution < 1.29 is 4.74 Å². The van der Waals surface area contributed by atoms with E-state index in [0.717, 1.165) is 34.1 Å². The van der Waals surface area contributed by atoms with E-state index in [1.54, 1.807) is 28.9 Å². The minimum atomic E-state index is 0.177. The third-order valence-corrected chi connectivity index (χ3v) is 6.51. The first kappa shape index (κ1) is 19.8. The first-order valence-corrected chi connectivity index (χ1v) is 11.3. The number of nitrogens with one attached hydrogen (secondary N) is 1. The molecule has 6 heteroatoms. The second kappa shape index (κ2) is 9.78. The van der Waals surface area contributed by atoms with E-state index in [2.05, 4.69) is 39.3 Å². The fourth-order valence-corrected chi connectivity index (χ4v) is 4.69. The molecular formula is C23H23N3OS2. The first-order valence-electron chi connectivity index (χ1n) is 9.56.